The Morgan fingerprint density at radius 3 is 2.83 bits per heavy atom. The molecule has 1 fully saturated rings. The van der Waals surface area contributed by atoms with Crippen molar-refractivity contribution in [1.29, 1.82) is 0 Å². The zero-order valence-corrected chi connectivity index (χ0v) is 14.1. The standard InChI is InChI=1S/C18H29N3O2/c1-2-20(14-17-10-6-7-12-21(17)13-11-19)18(22)23-15-16-8-4-3-5-9-16/h3-5,8-9,17H,2,6-7,10-15,19H2,1H3/t17-/m1/s1. The molecule has 1 aromatic carbocycles. The first-order chi connectivity index (χ1) is 11.2. The van der Waals surface area contributed by atoms with E-state index in [9.17, 15) is 4.79 Å². The summed E-state index contributed by atoms with van der Waals surface area (Å²) in [4.78, 5) is 16.6. The topological polar surface area (TPSA) is 58.8 Å². The lowest BCUT2D eigenvalue weighted by Gasteiger charge is -2.38. The Bertz CT molecular complexity index is 465. The van der Waals surface area contributed by atoms with Crippen LogP contribution in [0.3, 0.4) is 0 Å². The Morgan fingerprint density at radius 2 is 2.13 bits per heavy atom. The number of hydrogen-bond acceptors (Lipinski definition) is 4. The third-order valence-electron chi connectivity index (χ3n) is 4.44. The Balaban J connectivity index is 1.86. The predicted molar refractivity (Wildman–Crippen MR) is 92.1 cm³/mol. The third kappa shape index (κ3) is 5.52. The summed E-state index contributed by atoms with van der Waals surface area (Å²) in [6.07, 6.45) is 3.35. The molecule has 1 atom stereocenters. The quantitative estimate of drug-likeness (QED) is 0.839. The molecule has 2 N–H and O–H groups in total. The summed E-state index contributed by atoms with van der Waals surface area (Å²) in [5.74, 6) is 0. The van der Waals surface area contributed by atoms with Crippen molar-refractivity contribution in [2.75, 3.05) is 32.7 Å². The van der Waals surface area contributed by atoms with Crippen molar-refractivity contribution in [3.8, 4) is 0 Å². The van der Waals surface area contributed by atoms with Gasteiger partial charge in [0.25, 0.3) is 0 Å². The lowest BCUT2D eigenvalue weighted by Crippen LogP contribution is -2.49. The molecule has 2 rings (SSSR count). The molecule has 1 aliphatic rings. The smallest absolute Gasteiger partial charge is 0.410 e. The van der Waals surface area contributed by atoms with Crippen LogP contribution in [-0.2, 0) is 11.3 Å². The second-order valence-electron chi connectivity index (χ2n) is 6.05. The maximum Gasteiger partial charge on any atom is 0.410 e. The van der Waals surface area contributed by atoms with Gasteiger partial charge >= 0.3 is 6.09 Å². The summed E-state index contributed by atoms with van der Waals surface area (Å²) in [5.41, 5.74) is 6.72. The highest BCUT2D eigenvalue weighted by Crippen LogP contribution is 2.18. The van der Waals surface area contributed by atoms with Gasteiger partial charge in [-0.1, -0.05) is 36.8 Å². The minimum absolute atomic E-state index is 0.227. The van der Waals surface area contributed by atoms with Crippen molar-refractivity contribution in [2.45, 2.75) is 38.8 Å². The monoisotopic (exact) mass is 319 g/mol. The van der Waals surface area contributed by atoms with Gasteiger partial charge in [0.2, 0.25) is 0 Å². The van der Waals surface area contributed by atoms with Crippen LogP contribution < -0.4 is 5.73 Å². The highest BCUT2D eigenvalue weighted by Gasteiger charge is 2.26. The predicted octanol–water partition coefficient (Wildman–Crippen LogP) is 2.46. The molecule has 0 aliphatic carbocycles. The number of amides is 1. The van der Waals surface area contributed by atoms with Crippen LogP contribution in [-0.4, -0.2) is 54.7 Å². The second kappa shape index (κ2) is 9.53. The number of hydrogen-bond donors (Lipinski definition) is 1. The number of piperidine rings is 1. The fourth-order valence-electron chi connectivity index (χ4n) is 3.12. The van der Waals surface area contributed by atoms with Gasteiger partial charge < -0.3 is 15.4 Å². The fraction of sp³-hybridized carbons (Fsp3) is 0.611. The van der Waals surface area contributed by atoms with Crippen LogP contribution in [0.5, 0.6) is 0 Å². The van der Waals surface area contributed by atoms with Crippen molar-refractivity contribution in [3.63, 3.8) is 0 Å². The van der Waals surface area contributed by atoms with Crippen molar-refractivity contribution in [2.24, 2.45) is 5.73 Å². The highest BCUT2D eigenvalue weighted by atomic mass is 16.6. The minimum Gasteiger partial charge on any atom is -0.445 e. The number of nitrogens with two attached hydrogens (primary N) is 1. The van der Waals surface area contributed by atoms with Crippen molar-refractivity contribution in [3.05, 3.63) is 35.9 Å². The molecule has 0 bridgehead atoms. The molecule has 23 heavy (non-hydrogen) atoms. The summed E-state index contributed by atoms with van der Waals surface area (Å²) in [5, 5.41) is 0. The number of rotatable bonds is 7. The van der Waals surface area contributed by atoms with Crippen LogP contribution in [0.2, 0.25) is 0 Å². The molecule has 1 aromatic rings. The van der Waals surface area contributed by atoms with Gasteiger partial charge in [-0.3, -0.25) is 4.90 Å². The summed E-state index contributed by atoms with van der Waals surface area (Å²) >= 11 is 0. The molecule has 0 saturated carbocycles. The first-order valence-electron chi connectivity index (χ1n) is 8.64. The van der Waals surface area contributed by atoms with E-state index < -0.39 is 0 Å². The number of ether oxygens (including phenoxy) is 1. The molecule has 128 valence electrons. The van der Waals surface area contributed by atoms with Crippen molar-refractivity contribution >= 4 is 6.09 Å². The SMILES string of the molecule is CCN(C[C@H]1CCCCN1CCN)C(=O)OCc1ccccc1. The Kier molecular flexibility index (Phi) is 7.36. The maximum atomic E-state index is 12.3. The number of carbonyl (C=O) groups is 1. The second-order valence-corrected chi connectivity index (χ2v) is 6.05. The van der Waals surface area contributed by atoms with E-state index in [-0.39, 0.29) is 6.09 Å². The third-order valence-corrected chi connectivity index (χ3v) is 4.44. The average Bonchev–Trinajstić information content (AvgIpc) is 2.60. The summed E-state index contributed by atoms with van der Waals surface area (Å²) in [7, 11) is 0. The van der Waals surface area contributed by atoms with E-state index in [2.05, 4.69) is 4.90 Å². The van der Waals surface area contributed by atoms with Gasteiger partial charge in [0.15, 0.2) is 0 Å². The lowest BCUT2D eigenvalue weighted by molar-refractivity contribution is 0.0719. The van der Waals surface area contributed by atoms with Crippen LogP contribution in [0.25, 0.3) is 0 Å². The van der Waals surface area contributed by atoms with Gasteiger partial charge in [0.1, 0.15) is 6.61 Å². The van der Waals surface area contributed by atoms with E-state index in [1.807, 2.05) is 42.2 Å². The molecular weight excluding hydrogens is 290 g/mol. The molecule has 0 radical (unpaired) electrons. The van der Waals surface area contributed by atoms with E-state index in [4.69, 9.17) is 10.5 Å². The minimum atomic E-state index is -0.227. The van der Waals surface area contributed by atoms with Crippen molar-refractivity contribution < 1.29 is 9.53 Å². The normalized spacial score (nSPS) is 18.6. The number of benzene rings is 1. The highest BCUT2D eigenvalue weighted by molar-refractivity contribution is 5.67. The first-order valence-corrected chi connectivity index (χ1v) is 8.64. The lowest BCUT2D eigenvalue weighted by atomic mass is 10.0. The van der Waals surface area contributed by atoms with Gasteiger partial charge in [-0.05, 0) is 31.9 Å². The maximum absolute atomic E-state index is 12.3. The molecule has 1 aliphatic heterocycles. The summed E-state index contributed by atoms with van der Waals surface area (Å²) in [6, 6.07) is 10.2. The Morgan fingerprint density at radius 1 is 1.35 bits per heavy atom. The van der Waals surface area contributed by atoms with E-state index in [0.717, 1.165) is 31.6 Å². The molecule has 1 heterocycles. The van der Waals surface area contributed by atoms with Gasteiger partial charge in [0.05, 0.1) is 0 Å². The van der Waals surface area contributed by atoms with Crippen LogP contribution in [0.1, 0.15) is 31.7 Å². The Hall–Kier alpha value is -1.59. The molecule has 5 heteroatoms. The van der Waals surface area contributed by atoms with Gasteiger partial charge in [0, 0.05) is 32.2 Å². The largest absolute Gasteiger partial charge is 0.445 e. The number of likely N-dealkylation sites (tertiary alicyclic amines) is 1. The van der Waals surface area contributed by atoms with Gasteiger partial charge in [-0.25, -0.2) is 4.79 Å². The molecule has 0 unspecified atom stereocenters. The molecule has 1 amide bonds. The molecule has 0 spiro atoms. The summed E-state index contributed by atoms with van der Waals surface area (Å²) in [6.45, 7) is 6.37. The van der Waals surface area contributed by atoms with E-state index in [0.29, 0.717) is 25.7 Å². The zero-order valence-electron chi connectivity index (χ0n) is 14.1. The zero-order chi connectivity index (χ0) is 16.5. The van der Waals surface area contributed by atoms with Crippen LogP contribution in [0, 0.1) is 0 Å². The summed E-state index contributed by atoms with van der Waals surface area (Å²) < 4.78 is 5.46. The van der Waals surface area contributed by atoms with E-state index >= 15 is 0 Å². The van der Waals surface area contributed by atoms with Crippen LogP contribution in [0.15, 0.2) is 30.3 Å². The number of carbonyl (C=O) groups excluding carboxylic acids is 1. The van der Waals surface area contributed by atoms with Crippen LogP contribution >= 0.6 is 0 Å². The van der Waals surface area contributed by atoms with E-state index in [1.54, 1.807) is 0 Å². The first kappa shape index (κ1) is 17.8. The van der Waals surface area contributed by atoms with Gasteiger partial charge in [-0.2, -0.15) is 0 Å². The molecule has 0 aromatic heterocycles. The molecule has 5 nitrogen and oxygen atoms in total. The average molecular weight is 319 g/mol. The number of likely N-dealkylation sites (N-methyl/N-ethyl adjacent to an activating group) is 1. The van der Waals surface area contributed by atoms with Crippen LogP contribution in [0.4, 0.5) is 4.79 Å². The Labute approximate surface area is 139 Å². The van der Waals surface area contributed by atoms with Crippen molar-refractivity contribution in [1.82, 2.24) is 9.80 Å². The number of nitrogens with zero attached hydrogens (tertiary/aromatic N) is 2. The van der Waals surface area contributed by atoms with E-state index in [1.165, 1.54) is 12.8 Å². The van der Waals surface area contributed by atoms with Gasteiger partial charge in [-0.15, -0.1) is 0 Å². The molecular formula is C18H29N3O2. The fourth-order valence-corrected chi connectivity index (χ4v) is 3.12. The molecule has 1 saturated heterocycles.